The van der Waals surface area contributed by atoms with Crippen LogP contribution in [0, 0.1) is 5.82 Å². The number of phenolic OH excluding ortho intramolecular Hbond substituents is 1. The number of guanidine groups is 1. The Bertz CT molecular complexity index is 772. The van der Waals surface area contributed by atoms with E-state index in [0.717, 1.165) is 25.2 Å². The number of nitrogens with zero attached hydrogens (tertiary/aromatic N) is 2. The molecule has 1 fully saturated rings. The number of hydrogen-bond donors (Lipinski definition) is 3. The molecule has 2 aromatic carbocycles. The van der Waals surface area contributed by atoms with Crippen molar-refractivity contribution in [3.63, 3.8) is 0 Å². The van der Waals surface area contributed by atoms with E-state index in [1.54, 1.807) is 13.1 Å². The van der Waals surface area contributed by atoms with E-state index in [2.05, 4.69) is 44.8 Å². The molecular weight excluding hydrogens is 470 g/mol. The quantitative estimate of drug-likeness (QED) is 0.325. The van der Waals surface area contributed by atoms with E-state index in [1.807, 2.05) is 6.07 Å². The standard InChI is InChI=1S/C21H27FN4O.HI/c1-23-21(24-13-17-9-10-20(27)19(22)12-17)25-14-18-8-5-11-26(18)15-16-6-3-2-4-7-16;/h2-4,6-7,9-10,12,18,27H,5,8,11,13-15H2,1H3,(H2,23,24,25);1H. The van der Waals surface area contributed by atoms with E-state index in [-0.39, 0.29) is 29.7 Å². The van der Waals surface area contributed by atoms with Crippen molar-refractivity contribution in [2.75, 3.05) is 20.1 Å². The topological polar surface area (TPSA) is 59.9 Å². The Morgan fingerprint density at radius 1 is 1.18 bits per heavy atom. The van der Waals surface area contributed by atoms with Gasteiger partial charge in [-0.2, -0.15) is 0 Å². The van der Waals surface area contributed by atoms with Gasteiger partial charge in [-0.25, -0.2) is 4.39 Å². The van der Waals surface area contributed by atoms with Gasteiger partial charge in [-0.05, 0) is 42.6 Å². The van der Waals surface area contributed by atoms with Crippen molar-refractivity contribution in [2.24, 2.45) is 4.99 Å². The van der Waals surface area contributed by atoms with Crippen LogP contribution in [0.3, 0.4) is 0 Å². The lowest BCUT2D eigenvalue weighted by Gasteiger charge is -2.25. The minimum atomic E-state index is -0.611. The predicted molar refractivity (Wildman–Crippen MR) is 122 cm³/mol. The zero-order valence-electron chi connectivity index (χ0n) is 16.1. The SMILES string of the molecule is CN=C(NCc1ccc(O)c(F)c1)NCC1CCCN1Cc1ccccc1.I. The highest BCUT2D eigenvalue weighted by molar-refractivity contribution is 14.0. The molecule has 0 amide bonds. The van der Waals surface area contributed by atoms with Crippen molar-refractivity contribution >= 4 is 29.9 Å². The van der Waals surface area contributed by atoms with E-state index >= 15 is 0 Å². The van der Waals surface area contributed by atoms with Crippen LogP contribution in [0.1, 0.15) is 24.0 Å². The molecule has 28 heavy (non-hydrogen) atoms. The highest BCUT2D eigenvalue weighted by Crippen LogP contribution is 2.19. The molecule has 1 aliphatic heterocycles. The Morgan fingerprint density at radius 3 is 2.68 bits per heavy atom. The third-order valence-corrected chi connectivity index (χ3v) is 4.93. The molecule has 152 valence electrons. The smallest absolute Gasteiger partial charge is 0.191 e. The van der Waals surface area contributed by atoms with Crippen LogP contribution in [-0.2, 0) is 13.1 Å². The summed E-state index contributed by atoms with van der Waals surface area (Å²) in [4.78, 5) is 6.75. The summed E-state index contributed by atoms with van der Waals surface area (Å²) >= 11 is 0. The molecule has 1 atom stereocenters. The van der Waals surface area contributed by atoms with Crippen molar-refractivity contribution < 1.29 is 9.50 Å². The van der Waals surface area contributed by atoms with Crippen LogP contribution in [0.5, 0.6) is 5.75 Å². The van der Waals surface area contributed by atoms with Gasteiger partial charge >= 0.3 is 0 Å². The lowest BCUT2D eigenvalue weighted by molar-refractivity contribution is 0.245. The van der Waals surface area contributed by atoms with Gasteiger partial charge in [0, 0.05) is 32.7 Å². The molecule has 5 nitrogen and oxygen atoms in total. The highest BCUT2D eigenvalue weighted by Gasteiger charge is 2.24. The molecule has 0 aliphatic carbocycles. The summed E-state index contributed by atoms with van der Waals surface area (Å²) in [5.74, 6) is -0.254. The van der Waals surface area contributed by atoms with Crippen LogP contribution in [0.15, 0.2) is 53.5 Å². The molecule has 1 heterocycles. The number of phenols is 1. The maximum atomic E-state index is 13.4. The average molecular weight is 498 g/mol. The molecule has 2 aromatic rings. The first-order valence-electron chi connectivity index (χ1n) is 9.35. The van der Waals surface area contributed by atoms with Crippen LogP contribution < -0.4 is 10.6 Å². The Kier molecular flexibility index (Phi) is 8.98. The first kappa shape index (κ1) is 22.4. The fourth-order valence-electron chi connectivity index (χ4n) is 3.43. The second-order valence-corrected chi connectivity index (χ2v) is 6.84. The monoisotopic (exact) mass is 498 g/mol. The summed E-state index contributed by atoms with van der Waals surface area (Å²) in [7, 11) is 1.73. The number of hydrogen-bond acceptors (Lipinski definition) is 3. The molecule has 0 saturated carbocycles. The summed E-state index contributed by atoms with van der Waals surface area (Å²) in [6, 6.07) is 15.4. The third-order valence-electron chi connectivity index (χ3n) is 4.93. The zero-order valence-corrected chi connectivity index (χ0v) is 18.4. The summed E-state index contributed by atoms with van der Waals surface area (Å²) in [6.45, 7) is 3.33. The molecule has 1 unspecified atom stereocenters. The van der Waals surface area contributed by atoms with Gasteiger partial charge in [0.1, 0.15) is 0 Å². The summed E-state index contributed by atoms with van der Waals surface area (Å²) in [5.41, 5.74) is 2.08. The molecule has 0 bridgehead atoms. The Balaban J connectivity index is 0.00000280. The van der Waals surface area contributed by atoms with Gasteiger partial charge in [0.15, 0.2) is 17.5 Å². The summed E-state index contributed by atoms with van der Waals surface area (Å²) in [5, 5.41) is 15.8. The number of likely N-dealkylation sites (tertiary alicyclic amines) is 1. The number of rotatable bonds is 6. The van der Waals surface area contributed by atoms with Crippen LogP contribution in [-0.4, -0.2) is 42.1 Å². The molecular formula is C21H28FIN4O. The van der Waals surface area contributed by atoms with Crippen LogP contribution >= 0.6 is 24.0 Å². The molecule has 0 radical (unpaired) electrons. The first-order chi connectivity index (χ1) is 13.2. The predicted octanol–water partition coefficient (Wildman–Crippen LogP) is 3.48. The van der Waals surface area contributed by atoms with E-state index in [0.29, 0.717) is 18.5 Å². The van der Waals surface area contributed by atoms with Gasteiger partial charge in [0.05, 0.1) is 0 Å². The lowest BCUT2D eigenvalue weighted by atomic mass is 10.2. The van der Waals surface area contributed by atoms with E-state index in [9.17, 15) is 9.50 Å². The van der Waals surface area contributed by atoms with Crippen molar-refractivity contribution in [1.29, 1.82) is 0 Å². The van der Waals surface area contributed by atoms with Crippen molar-refractivity contribution in [3.05, 3.63) is 65.5 Å². The zero-order chi connectivity index (χ0) is 19.1. The maximum Gasteiger partial charge on any atom is 0.191 e. The fraction of sp³-hybridized carbons (Fsp3) is 0.381. The summed E-state index contributed by atoms with van der Waals surface area (Å²) in [6.07, 6.45) is 2.37. The first-order valence-corrected chi connectivity index (χ1v) is 9.35. The Labute approximate surface area is 183 Å². The molecule has 1 saturated heterocycles. The largest absolute Gasteiger partial charge is 0.505 e. The number of benzene rings is 2. The van der Waals surface area contributed by atoms with Crippen LogP contribution in [0.4, 0.5) is 4.39 Å². The molecule has 0 aromatic heterocycles. The third kappa shape index (κ3) is 6.34. The molecule has 3 N–H and O–H groups in total. The van der Waals surface area contributed by atoms with Crippen molar-refractivity contribution in [2.45, 2.75) is 32.0 Å². The minimum Gasteiger partial charge on any atom is -0.505 e. The molecule has 3 rings (SSSR count). The lowest BCUT2D eigenvalue weighted by Crippen LogP contribution is -2.44. The van der Waals surface area contributed by atoms with Gasteiger partial charge in [-0.15, -0.1) is 24.0 Å². The van der Waals surface area contributed by atoms with Crippen LogP contribution in [0.2, 0.25) is 0 Å². The van der Waals surface area contributed by atoms with Gasteiger partial charge in [-0.1, -0.05) is 36.4 Å². The molecule has 0 spiro atoms. The number of nitrogens with one attached hydrogen (secondary N) is 2. The van der Waals surface area contributed by atoms with Crippen LogP contribution in [0.25, 0.3) is 0 Å². The maximum absolute atomic E-state index is 13.4. The second-order valence-electron chi connectivity index (χ2n) is 6.84. The number of aliphatic imine (C=N–C) groups is 1. The Hall–Kier alpha value is -1.87. The van der Waals surface area contributed by atoms with Gasteiger partial charge in [-0.3, -0.25) is 9.89 Å². The number of aromatic hydroxyl groups is 1. The van der Waals surface area contributed by atoms with Crippen molar-refractivity contribution in [3.8, 4) is 5.75 Å². The van der Waals surface area contributed by atoms with Crippen molar-refractivity contribution in [1.82, 2.24) is 15.5 Å². The van der Waals surface area contributed by atoms with E-state index in [1.165, 1.54) is 30.5 Å². The van der Waals surface area contributed by atoms with E-state index < -0.39 is 5.82 Å². The number of halogens is 2. The van der Waals surface area contributed by atoms with Gasteiger partial charge in [0.25, 0.3) is 0 Å². The fourth-order valence-corrected chi connectivity index (χ4v) is 3.43. The normalized spacial score (nSPS) is 17.2. The Morgan fingerprint density at radius 2 is 1.96 bits per heavy atom. The van der Waals surface area contributed by atoms with E-state index in [4.69, 9.17) is 0 Å². The van der Waals surface area contributed by atoms with Gasteiger partial charge < -0.3 is 15.7 Å². The molecule has 7 heteroatoms. The van der Waals surface area contributed by atoms with Gasteiger partial charge in [0.2, 0.25) is 0 Å². The second kappa shape index (κ2) is 11.2. The summed E-state index contributed by atoms with van der Waals surface area (Å²) < 4.78 is 13.4. The molecule has 1 aliphatic rings. The minimum absolute atomic E-state index is 0. The average Bonchev–Trinajstić information content (AvgIpc) is 3.12. The highest BCUT2D eigenvalue weighted by atomic mass is 127.